The van der Waals surface area contributed by atoms with E-state index in [2.05, 4.69) is 129 Å². The van der Waals surface area contributed by atoms with Crippen LogP contribution in [-0.4, -0.2) is 184 Å². The van der Waals surface area contributed by atoms with Crippen molar-refractivity contribution in [1.82, 2.24) is 0 Å². The summed E-state index contributed by atoms with van der Waals surface area (Å²) >= 11 is 0. The van der Waals surface area contributed by atoms with E-state index < -0.39 is 25.7 Å². The fourth-order valence-corrected chi connectivity index (χ4v) is 24.3. The van der Waals surface area contributed by atoms with Crippen molar-refractivity contribution < 1.29 is 101 Å². The van der Waals surface area contributed by atoms with Crippen LogP contribution in [0.1, 0.15) is 258 Å². The predicted molar refractivity (Wildman–Crippen MR) is 483 cm³/mol. The summed E-state index contributed by atoms with van der Waals surface area (Å²) in [6.07, 6.45) is 55.8. The molecule has 16 nitrogen and oxygen atoms in total. The minimum Gasteiger partial charge on any atom is -1.00 e. The van der Waals surface area contributed by atoms with Crippen molar-refractivity contribution in [2.24, 2.45) is 62.6 Å². The van der Waals surface area contributed by atoms with Crippen molar-refractivity contribution in [3.05, 3.63) is 161 Å². The van der Waals surface area contributed by atoms with Gasteiger partial charge >= 0.3 is 46.1 Å². The van der Waals surface area contributed by atoms with E-state index in [4.69, 9.17) is 51.8 Å². The minimum absolute atomic E-state index is 0. The van der Waals surface area contributed by atoms with Gasteiger partial charge in [-0.2, -0.15) is 11.7 Å². The smallest absolute Gasteiger partial charge is 1.00 e. The molecule has 0 aromatic rings. The maximum absolute atomic E-state index is 11.6. The molecule has 21 heteroatoms. The SMILES string of the molecule is C=C([CH2-])C.C=CCC1(CCCC2OCCO2)C=C(O[Si](C)(C)C)CC1.C=CCC12CCCC([C@@H](O)CC(=C)C)C1C1(CC2)OCCO1.C=CCC12CCCC([C@H](O)CC(=C)C)C1C1(CC2)OCCO1.C=CCC12CCCC=C1C(=O)CC2.C=CCC1=CC(=O)CC1.C=CC[C@@]12CCC[C@@H](C#N)[C@@H]1C1(CC2)OCCO1.[Br-].[CH2-]CCC1OCCO1.[Cl-].[Mg+2].[Mg+2]. The van der Waals surface area contributed by atoms with Crippen molar-refractivity contribution >= 4 is 66.0 Å². The number of aliphatic hydroxyl groups excluding tert-OH is 2. The molecule has 7 saturated carbocycles. The fraction of sp³-hybridized carbons (Fsp3) is 0.710. The van der Waals surface area contributed by atoms with E-state index in [0.717, 1.165) is 209 Å². The normalized spacial score (nSPS) is 31.1. The van der Waals surface area contributed by atoms with Gasteiger partial charge in [-0.25, -0.2) is 19.1 Å². The van der Waals surface area contributed by atoms with E-state index in [0.29, 0.717) is 64.7 Å². The van der Waals surface area contributed by atoms with Crippen molar-refractivity contribution in [3.63, 3.8) is 0 Å². The van der Waals surface area contributed by atoms with E-state index in [1.807, 2.05) is 39.0 Å². The van der Waals surface area contributed by atoms with Gasteiger partial charge in [-0.3, -0.25) is 9.59 Å². The van der Waals surface area contributed by atoms with Crippen LogP contribution >= 0.6 is 0 Å². The molecular weight excluding hydrogens is 1650 g/mol. The van der Waals surface area contributed by atoms with Crippen LogP contribution < -0.4 is 29.4 Å². The third-order valence-electron chi connectivity index (χ3n) is 27.6. The number of Topliss-reactive ketones (excluding diaryl/α,β-unsaturated/α-hetero) is 1. The zero-order valence-corrected chi connectivity index (χ0v) is 82.0. The topological polar surface area (TPSA) is 200 Å². The van der Waals surface area contributed by atoms with Crippen LogP contribution in [0.3, 0.4) is 0 Å². The van der Waals surface area contributed by atoms with Gasteiger partial charge in [0.25, 0.3) is 0 Å². The molecule has 5 aliphatic heterocycles. The number of carbonyl (C=O) groups excluding carboxylic acids is 2. The Morgan fingerprint density at radius 3 is 1.41 bits per heavy atom. The number of rotatable bonds is 26. The molecule has 121 heavy (non-hydrogen) atoms. The molecular formula is C100H155BrClMg2NO15Si. The van der Waals surface area contributed by atoms with E-state index in [9.17, 15) is 25.1 Å². The first-order chi connectivity index (χ1) is 56.0. The van der Waals surface area contributed by atoms with Gasteiger partial charge in [0, 0.05) is 61.7 Å². The van der Waals surface area contributed by atoms with Crippen LogP contribution in [-0.2, 0) is 61.4 Å². The Labute approximate surface area is 782 Å². The largest absolute Gasteiger partial charge is 2.00 e. The second kappa shape index (κ2) is 52.9. The standard InChI is InChI=1S/2C19H30O3.C17H30O3Si.C15H21NO2.C12H16O.C8H10O.C6H11O2.C4H7.BrH.ClH.2Mg/c2*1-4-7-18-8-5-6-15(16(20)13-14(2)3)17(18)19(10-9-18)21-11-12-22-19;1-5-9-17(10-6-7-16-18-12-13-19-16)11-8-15(14-17)20-21(2,3)4;1-2-5-14-6-3-4-12(11-16)13(14)15(8-7-14)17-9-10-18-15;1-2-7-12-8-4-3-5-10(12)11(13)6-9-12;1-2-3-7-4-5-8(9)6-7;1-2-3-6-7-4-5-8-6;1-4(2)3;;;;/h2*4,15-17,20H,1-2,5-13H2,3H3;5,14,16H,1,6-13H2,2-4H3;2,12-13H,1,3-10H2;2,5H,1,3-4,6-9H2;2,6H,1,3-5H2;6H,1-5H2;1-2H2,3H3;2*1H;;/q;;;;;;2*-1;;;2*+2/p-2/t2*15?,16-,17?,18?;;12-,13-,14-;;;;;;;;/m10.0......../s1. The molecule has 0 amide bonds. The molecule has 672 valence electrons. The summed E-state index contributed by atoms with van der Waals surface area (Å²) in [5.74, 6) is 1.88. The van der Waals surface area contributed by atoms with Gasteiger partial charge in [0.2, 0.25) is 8.32 Å². The van der Waals surface area contributed by atoms with E-state index >= 15 is 0 Å². The summed E-state index contributed by atoms with van der Waals surface area (Å²) in [5, 5.41) is 31.1. The number of aliphatic hydroxyl groups is 2. The number of nitriles is 1. The summed E-state index contributed by atoms with van der Waals surface area (Å²) in [6, 6.07) is 2.52. The molecule has 13 atom stereocenters. The molecule has 0 bridgehead atoms. The van der Waals surface area contributed by atoms with Gasteiger partial charge in [-0.15, -0.1) is 52.6 Å². The summed E-state index contributed by atoms with van der Waals surface area (Å²) in [5.41, 5.74) is 6.42. The molecule has 0 aromatic carbocycles. The Morgan fingerprint density at radius 2 is 1.01 bits per heavy atom. The number of ether oxygens (including phenoxy) is 10. The average Bonchev–Trinajstić information content (AvgIpc) is 1.57. The van der Waals surface area contributed by atoms with Gasteiger partial charge < -0.3 is 98.3 Å². The number of nitrogens with zero attached hydrogens (tertiary/aromatic N) is 1. The Kier molecular flexibility index (Phi) is 48.4. The summed E-state index contributed by atoms with van der Waals surface area (Å²) < 4.78 is 64.0. The van der Waals surface area contributed by atoms with Crippen LogP contribution in [0.4, 0.5) is 0 Å². The van der Waals surface area contributed by atoms with Crippen LogP contribution in [0.15, 0.2) is 148 Å². The maximum atomic E-state index is 11.6. The van der Waals surface area contributed by atoms with Crippen LogP contribution in [0, 0.1) is 87.8 Å². The molecule has 12 fully saturated rings. The van der Waals surface area contributed by atoms with Crippen molar-refractivity contribution in [2.75, 3.05) is 66.1 Å². The average molecular weight is 1800 g/mol. The molecule has 8 unspecified atom stereocenters. The number of allylic oxidation sites excluding steroid dienone is 13. The van der Waals surface area contributed by atoms with Gasteiger partial charge in [0.05, 0.1) is 96.0 Å². The first kappa shape index (κ1) is 111. The fourth-order valence-electron chi connectivity index (χ4n) is 23.3. The van der Waals surface area contributed by atoms with Gasteiger partial charge in [-0.1, -0.05) is 85.4 Å². The molecule has 15 aliphatic rings. The van der Waals surface area contributed by atoms with Gasteiger partial charge in [0.1, 0.15) is 0 Å². The molecule has 15 rings (SSSR count). The van der Waals surface area contributed by atoms with Gasteiger partial charge in [0.15, 0.2) is 41.5 Å². The van der Waals surface area contributed by atoms with Crippen molar-refractivity contribution in [1.29, 1.82) is 5.26 Å². The Hall–Kier alpha value is -2.58. The van der Waals surface area contributed by atoms with Gasteiger partial charge in [-0.05, 0) is 258 Å². The number of ketones is 2. The number of carbonyl (C=O) groups is 2. The van der Waals surface area contributed by atoms with Crippen LogP contribution in [0.2, 0.25) is 19.6 Å². The first-order valence-corrected chi connectivity index (χ1v) is 48.6. The number of halogens is 2. The Bertz CT molecular complexity index is 3340. The molecule has 10 aliphatic carbocycles. The Morgan fingerprint density at radius 1 is 0.570 bits per heavy atom. The molecule has 3 spiro atoms. The zero-order valence-electron chi connectivity index (χ0n) is 75.8. The maximum Gasteiger partial charge on any atom is 2.00 e. The zero-order chi connectivity index (χ0) is 85.0. The number of hydrogen-bond donors (Lipinski definition) is 2. The second-order valence-electron chi connectivity index (χ2n) is 37.7. The van der Waals surface area contributed by atoms with E-state index in [-0.39, 0.29) is 169 Å². The predicted octanol–water partition coefficient (Wildman–Crippen LogP) is 15.8. The quantitative estimate of drug-likeness (QED) is 0.0470. The van der Waals surface area contributed by atoms with Crippen LogP contribution in [0.25, 0.3) is 0 Å². The number of fused-ring (bicyclic) bond motifs is 7. The van der Waals surface area contributed by atoms with E-state index in [1.54, 1.807) is 6.08 Å². The van der Waals surface area contributed by atoms with E-state index in [1.165, 1.54) is 69.1 Å². The first-order valence-electron chi connectivity index (χ1n) is 45.2. The van der Waals surface area contributed by atoms with Crippen molar-refractivity contribution in [2.45, 2.75) is 320 Å². The third-order valence-corrected chi connectivity index (χ3v) is 28.5. The third kappa shape index (κ3) is 30.0. The number of hydrogen-bond acceptors (Lipinski definition) is 16. The molecule has 0 radical (unpaired) electrons. The summed E-state index contributed by atoms with van der Waals surface area (Å²) in [4.78, 5) is 22.2. The monoisotopic (exact) mass is 1800 g/mol. The minimum atomic E-state index is -1.49. The van der Waals surface area contributed by atoms with Crippen LogP contribution in [0.5, 0.6) is 0 Å². The second-order valence-corrected chi connectivity index (χ2v) is 42.1. The van der Waals surface area contributed by atoms with Crippen molar-refractivity contribution in [3.8, 4) is 6.07 Å². The molecule has 0 aromatic heterocycles. The Balaban J connectivity index is 0.000000299. The molecule has 5 heterocycles. The summed E-state index contributed by atoms with van der Waals surface area (Å²) in [7, 11) is -1.49. The molecule has 2 N–H and O–H groups in total. The molecule has 5 saturated heterocycles. The summed E-state index contributed by atoms with van der Waals surface area (Å²) in [6.45, 7) is 61.4.